The number of nitrogens with one attached hydrogen (secondary N) is 1. The fraction of sp³-hybridized carbons (Fsp3) is 0.571. The van der Waals surface area contributed by atoms with Crippen LogP contribution in [0.1, 0.15) is 23.7 Å². The maximum absolute atomic E-state index is 12.4. The van der Waals surface area contributed by atoms with Gasteiger partial charge in [-0.25, -0.2) is 0 Å². The van der Waals surface area contributed by atoms with Crippen molar-refractivity contribution in [2.75, 3.05) is 46.1 Å². The minimum absolute atomic E-state index is 0.0304. The monoisotopic (exact) mass is 264 g/mol. The molecule has 0 aromatic carbocycles. The number of likely N-dealkylation sites (N-methyl/N-ethyl adjacent to an activating group) is 2. The van der Waals surface area contributed by atoms with E-state index in [9.17, 15) is 4.79 Å². The molecule has 0 unspecified atom stereocenters. The van der Waals surface area contributed by atoms with Gasteiger partial charge in [0.1, 0.15) is 0 Å². The Morgan fingerprint density at radius 1 is 1.32 bits per heavy atom. The Labute approximate surface area is 115 Å². The first-order valence-corrected chi connectivity index (χ1v) is 6.64. The summed E-state index contributed by atoms with van der Waals surface area (Å²) in [6, 6.07) is 1.77. The lowest BCUT2D eigenvalue weighted by Gasteiger charge is -2.21. The number of hydrogen-bond acceptors (Lipinski definition) is 4. The molecule has 0 fully saturated rings. The van der Waals surface area contributed by atoms with Crippen LogP contribution in [0.3, 0.4) is 0 Å². The maximum Gasteiger partial charge on any atom is 0.255 e. The maximum atomic E-state index is 12.4. The zero-order chi connectivity index (χ0) is 14.3. The van der Waals surface area contributed by atoms with Gasteiger partial charge in [0, 0.05) is 32.9 Å². The zero-order valence-electron chi connectivity index (χ0n) is 12.3. The van der Waals surface area contributed by atoms with E-state index in [0.29, 0.717) is 12.1 Å². The SMILES string of the molecule is CCCNc1cnccc1C(=O)N(C)CCN(C)C. The van der Waals surface area contributed by atoms with E-state index in [1.807, 2.05) is 21.1 Å². The van der Waals surface area contributed by atoms with Crippen molar-refractivity contribution in [2.24, 2.45) is 0 Å². The second kappa shape index (κ2) is 7.74. The molecule has 0 saturated heterocycles. The Morgan fingerprint density at radius 2 is 2.05 bits per heavy atom. The molecular weight excluding hydrogens is 240 g/mol. The molecule has 0 aliphatic carbocycles. The summed E-state index contributed by atoms with van der Waals surface area (Å²) in [7, 11) is 5.83. The van der Waals surface area contributed by atoms with E-state index in [2.05, 4.69) is 22.1 Å². The highest BCUT2D eigenvalue weighted by Crippen LogP contribution is 2.15. The summed E-state index contributed by atoms with van der Waals surface area (Å²) < 4.78 is 0. The van der Waals surface area contributed by atoms with Gasteiger partial charge in [-0.1, -0.05) is 6.92 Å². The van der Waals surface area contributed by atoms with Crippen LogP contribution in [0.4, 0.5) is 5.69 Å². The van der Waals surface area contributed by atoms with Crippen LogP contribution in [0.25, 0.3) is 0 Å². The van der Waals surface area contributed by atoms with Gasteiger partial charge in [-0.3, -0.25) is 9.78 Å². The standard InChI is InChI=1S/C14H24N4O/c1-5-7-16-13-11-15-8-6-12(13)14(19)18(4)10-9-17(2)3/h6,8,11,16H,5,7,9-10H2,1-4H3. The van der Waals surface area contributed by atoms with Gasteiger partial charge < -0.3 is 15.1 Å². The lowest BCUT2D eigenvalue weighted by atomic mass is 10.2. The molecule has 1 N–H and O–H groups in total. The van der Waals surface area contributed by atoms with Crippen LogP contribution in [-0.2, 0) is 0 Å². The Hall–Kier alpha value is -1.62. The van der Waals surface area contributed by atoms with E-state index >= 15 is 0 Å². The number of rotatable bonds is 7. The lowest BCUT2D eigenvalue weighted by molar-refractivity contribution is 0.0787. The van der Waals surface area contributed by atoms with Gasteiger partial charge in [0.15, 0.2) is 0 Å². The molecule has 1 aromatic heterocycles. The van der Waals surface area contributed by atoms with Crippen molar-refractivity contribution in [1.29, 1.82) is 0 Å². The third kappa shape index (κ3) is 4.87. The average molecular weight is 264 g/mol. The van der Waals surface area contributed by atoms with Gasteiger partial charge in [0.2, 0.25) is 0 Å². The molecule has 5 nitrogen and oxygen atoms in total. The molecule has 0 spiro atoms. The first-order chi connectivity index (χ1) is 9.06. The normalized spacial score (nSPS) is 10.6. The van der Waals surface area contributed by atoms with Crippen LogP contribution in [0.2, 0.25) is 0 Å². The van der Waals surface area contributed by atoms with Gasteiger partial charge in [-0.15, -0.1) is 0 Å². The molecule has 19 heavy (non-hydrogen) atoms. The van der Waals surface area contributed by atoms with Crippen LogP contribution >= 0.6 is 0 Å². The molecule has 0 aliphatic heterocycles. The number of pyridine rings is 1. The third-order valence-corrected chi connectivity index (χ3v) is 2.85. The van der Waals surface area contributed by atoms with Crippen LogP contribution < -0.4 is 5.32 Å². The molecule has 1 rings (SSSR count). The summed E-state index contributed by atoms with van der Waals surface area (Å²) in [5.41, 5.74) is 1.50. The van der Waals surface area contributed by atoms with E-state index in [-0.39, 0.29) is 5.91 Å². The molecule has 0 bridgehead atoms. The van der Waals surface area contributed by atoms with Crippen molar-refractivity contribution in [3.05, 3.63) is 24.0 Å². The van der Waals surface area contributed by atoms with Crippen molar-refractivity contribution >= 4 is 11.6 Å². The Bertz CT molecular complexity index is 406. The fourth-order valence-electron chi connectivity index (χ4n) is 1.64. The van der Waals surface area contributed by atoms with Crippen LogP contribution in [-0.4, -0.2) is 61.5 Å². The fourth-order valence-corrected chi connectivity index (χ4v) is 1.64. The zero-order valence-corrected chi connectivity index (χ0v) is 12.3. The number of carbonyl (C=O) groups is 1. The second-order valence-electron chi connectivity index (χ2n) is 4.88. The molecule has 106 valence electrons. The van der Waals surface area contributed by atoms with Crippen LogP contribution in [0.15, 0.2) is 18.5 Å². The van der Waals surface area contributed by atoms with E-state index in [1.54, 1.807) is 23.4 Å². The molecular formula is C14H24N4O. The molecule has 5 heteroatoms. The smallest absolute Gasteiger partial charge is 0.255 e. The summed E-state index contributed by atoms with van der Waals surface area (Å²) in [6.07, 6.45) is 4.38. The first-order valence-electron chi connectivity index (χ1n) is 6.64. The van der Waals surface area contributed by atoms with Gasteiger partial charge in [-0.2, -0.15) is 0 Å². The summed E-state index contributed by atoms with van der Waals surface area (Å²) in [5.74, 6) is 0.0304. The van der Waals surface area contributed by atoms with Crippen molar-refractivity contribution in [3.8, 4) is 0 Å². The summed E-state index contributed by atoms with van der Waals surface area (Å²) in [5, 5.41) is 3.24. The highest BCUT2D eigenvalue weighted by molar-refractivity contribution is 5.99. The van der Waals surface area contributed by atoms with Crippen molar-refractivity contribution in [1.82, 2.24) is 14.8 Å². The molecule has 1 amide bonds. The highest BCUT2D eigenvalue weighted by atomic mass is 16.2. The predicted octanol–water partition coefficient (Wildman–Crippen LogP) is 1.54. The largest absolute Gasteiger partial charge is 0.383 e. The first kappa shape index (κ1) is 15.4. The lowest BCUT2D eigenvalue weighted by Crippen LogP contribution is -2.33. The molecule has 0 saturated carbocycles. The van der Waals surface area contributed by atoms with E-state index in [4.69, 9.17) is 0 Å². The third-order valence-electron chi connectivity index (χ3n) is 2.85. The molecule has 1 aromatic rings. The predicted molar refractivity (Wildman–Crippen MR) is 78.5 cm³/mol. The summed E-state index contributed by atoms with van der Waals surface area (Å²) in [4.78, 5) is 20.3. The van der Waals surface area contributed by atoms with Gasteiger partial charge in [-0.05, 0) is 26.6 Å². The number of aromatic nitrogens is 1. The van der Waals surface area contributed by atoms with Gasteiger partial charge in [0.25, 0.3) is 5.91 Å². The molecule has 0 radical (unpaired) electrons. The van der Waals surface area contributed by atoms with Crippen molar-refractivity contribution in [3.63, 3.8) is 0 Å². The number of carbonyl (C=O) groups excluding carboxylic acids is 1. The van der Waals surface area contributed by atoms with Gasteiger partial charge in [0.05, 0.1) is 17.4 Å². The van der Waals surface area contributed by atoms with Crippen molar-refractivity contribution < 1.29 is 4.79 Å². The minimum atomic E-state index is 0.0304. The number of nitrogens with zero attached hydrogens (tertiary/aromatic N) is 3. The topological polar surface area (TPSA) is 48.5 Å². The Kier molecular flexibility index (Phi) is 6.29. The number of amides is 1. The summed E-state index contributed by atoms with van der Waals surface area (Å²) >= 11 is 0. The highest BCUT2D eigenvalue weighted by Gasteiger charge is 2.15. The quantitative estimate of drug-likeness (QED) is 0.811. The summed E-state index contributed by atoms with van der Waals surface area (Å²) in [6.45, 7) is 4.49. The van der Waals surface area contributed by atoms with Crippen LogP contribution in [0.5, 0.6) is 0 Å². The van der Waals surface area contributed by atoms with E-state index < -0.39 is 0 Å². The Balaban J connectivity index is 2.74. The van der Waals surface area contributed by atoms with Crippen molar-refractivity contribution in [2.45, 2.75) is 13.3 Å². The number of anilines is 1. The van der Waals surface area contributed by atoms with E-state index in [1.165, 1.54) is 0 Å². The number of hydrogen-bond donors (Lipinski definition) is 1. The second-order valence-corrected chi connectivity index (χ2v) is 4.88. The molecule has 1 heterocycles. The average Bonchev–Trinajstić information content (AvgIpc) is 2.42. The Morgan fingerprint density at radius 3 is 2.68 bits per heavy atom. The van der Waals surface area contributed by atoms with Crippen LogP contribution in [0, 0.1) is 0 Å². The van der Waals surface area contributed by atoms with E-state index in [0.717, 1.165) is 25.2 Å². The molecule has 0 atom stereocenters. The molecule has 0 aliphatic rings. The van der Waals surface area contributed by atoms with Gasteiger partial charge >= 0.3 is 0 Å². The minimum Gasteiger partial charge on any atom is -0.383 e.